The molecule has 1 amide bonds. The fraction of sp³-hybridized carbons (Fsp3) is 0.176. The van der Waals surface area contributed by atoms with Crippen LogP contribution in [0.15, 0.2) is 53.7 Å². The monoisotopic (exact) mass is 373 g/mol. The van der Waals surface area contributed by atoms with Crippen molar-refractivity contribution in [3.63, 3.8) is 0 Å². The third-order valence-corrected chi connectivity index (χ3v) is 4.23. The van der Waals surface area contributed by atoms with Gasteiger partial charge in [0.25, 0.3) is 0 Å². The van der Waals surface area contributed by atoms with Crippen molar-refractivity contribution in [3.8, 4) is 11.4 Å². The molecule has 134 valence electrons. The topological polar surface area (TPSA) is 81.9 Å². The summed E-state index contributed by atoms with van der Waals surface area (Å²) in [6, 6.07) is 13.3. The van der Waals surface area contributed by atoms with Gasteiger partial charge in [-0.3, -0.25) is 4.79 Å². The minimum atomic E-state index is -0.485. The van der Waals surface area contributed by atoms with Crippen LogP contribution in [0.25, 0.3) is 5.69 Å². The molecule has 3 rings (SSSR count). The summed E-state index contributed by atoms with van der Waals surface area (Å²) in [5.74, 6) is -0.167. The molecule has 0 aliphatic rings. The van der Waals surface area contributed by atoms with E-state index in [-0.39, 0.29) is 17.3 Å². The van der Waals surface area contributed by atoms with E-state index in [1.165, 1.54) is 16.8 Å². The number of aromatic nitrogens is 4. The van der Waals surface area contributed by atoms with Crippen LogP contribution in [0.5, 0.6) is 5.75 Å². The average Bonchev–Trinajstić information content (AvgIpc) is 3.11. The lowest BCUT2D eigenvalue weighted by atomic mass is 10.3. The number of para-hydroxylation sites is 3. The van der Waals surface area contributed by atoms with Crippen LogP contribution in [-0.4, -0.2) is 38.5 Å². The standard InChI is InChI=1S/C17H16FN5O2S/c1-2-25-15-10-6-5-9-14(15)23-17(20-21-22-23)26-11-16(24)19-13-8-4-3-7-12(13)18/h3-10H,2,11H2,1H3,(H,19,24). The van der Waals surface area contributed by atoms with Gasteiger partial charge < -0.3 is 10.1 Å². The number of thioether (sulfide) groups is 1. The molecule has 7 nitrogen and oxygen atoms in total. The normalized spacial score (nSPS) is 10.5. The van der Waals surface area contributed by atoms with Gasteiger partial charge in [0.1, 0.15) is 17.3 Å². The van der Waals surface area contributed by atoms with Gasteiger partial charge >= 0.3 is 0 Å². The van der Waals surface area contributed by atoms with Crippen LogP contribution in [0.2, 0.25) is 0 Å². The Bertz CT molecular complexity index is 902. The number of anilines is 1. The third-order valence-electron chi connectivity index (χ3n) is 3.31. The summed E-state index contributed by atoms with van der Waals surface area (Å²) in [6.45, 7) is 2.39. The summed E-state index contributed by atoms with van der Waals surface area (Å²) in [7, 11) is 0. The van der Waals surface area contributed by atoms with Crippen LogP contribution >= 0.6 is 11.8 Å². The molecule has 0 unspecified atom stereocenters. The van der Waals surface area contributed by atoms with Crippen LogP contribution in [0, 0.1) is 5.82 Å². The van der Waals surface area contributed by atoms with E-state index in [4.69, 9.17) is 4.74 Å². The SMILES string of the molecule is CCOc1ccccc1-n1nnnc1SCC(=O)Nc1ccccc1F. The second-order valence-corrected chi connectivity index (χ2v) is 6.03. The lowest BCUT2D eigenvalue weighted by Crippen LogP contribution is -2.15. The van der Waals surface area contributed by atoms with Gasteiger partial charge in [0, 0.05) is 0 Å². The Morgan fingerprint density at radius 1 is 1.23 bits per heavy atom. The maximum atomic E-state index is 13.6. The van der Waals surface area contributed by atoms with Gasteiger partial charge in [0.05, 0.1) is 18.0 Å². The minimum Gasteiger partial charge on any atom is -0.492 e. The van der Waals surface area contributed by atoms with Crippen molar-refractivity contribution in [1.29, 1.82) is 0 Å². The summed E-state index contributed by atoms with van der Waals surface area (Å²) in [5, 5.41) is 14.5. The Labute approximate surface area is 153 Å². The van der Waals surface area contributed by atoms with Crippen LogP contribution < -0.4 is 10.1 Å². The number of rotatable bonds is 7. The van der Waals surface area contributed by atoms with Crippen molar-refractivity contribution in [1.82, 2.24) is 20.2 Å². The van der Waals surface area contributed by atoms with E-state index in [2.05, 4.69) is 20.8 Å². The molecule has 0 radical (unpaired) electrons. The van der Waals surface area contributed by atoms with E-state index in [0.29, 0.717) is 23.2 Å². The number of carbonyl (C=O) groups is 1. The predicted octanol–water partition coefficient (Wildman–Crippen LogP) is 2.93. The average molecular weight is 373 g/mol. The highest BCUT2D eigenvalue weighted by atomic mass is 32.2. The first-order chi connectivity index (χ1) is 12.7. The lowest BCUT2D eigenvalue weighted by Gasteiger charge is -2.10. The number of nitrogens with one attached hydrogen (secondary N) is 1. The number of amides is 1. The molecule has 3 aromatic rings. The van der Waals surface area contributed by atoms with Crippen LogP contribution in [0.3, 0.4) is 0 Å². The molecule has 1 N–H and O–H groups in total. The molecule has 0 saturated heterocycles. The van der Waals surface area contributed by atoms with E-state index in [1.807, 2.05) is 31.2 Å². The van der Waals surface area contributed by atoms with E-state index < -0.39 is 5.82 Å². The van der Waals surface area contributed by atoms with Gasteiger partial charge in [0.15, 0.2) is 0 Å². The Morgan fingerprint density at radius 3 is 2.81 bits per heavy atom. The molecule has 0 atom stereocenters. The van der Waals surface area contributed by atoms with Gasteiger partial charge in [-0.25, -0.2) is 4.39 Å². The van der Waals surface area contributed by atoms with Crippen molar-refractivity contribution < 1.29 is 13.9 Å². The van der Waals surface area contributed by atoms with Crippen molar-refractivity contribution >= 4 is 23.4 Å². The smallest absolute Gasteiger partial charge is 0.234 e. The third kappa shape index (κ3) is 4.17. The summed E-state index contributed by atoms with van der Waals surface area (Å²) >= 11 is 1.15. The van der Waals surface area contributed by atoms with Crippen molar-refractivity contribution in [2.24, 2.45) is 0 Å². The quantitative estimate of drug-likeness (QED) is 0.641. The van der Waals surface area contributed by atoms with Gasteiger partial charge in [-0.2, -0.15) is 4.68 Å². The van der Waals surface area contributed by atoms with Gasteiger partial charge in [0.2, 0.25) is 11.1 Å². The molecule has 2 aromatic carbocycles. The van der Waals surface area contributed by atoms with E-state index in [9.17, 15) is 9.18 Å². The summed E-state index contributed by atoms with van der Waals surface area (Å²) in [5.41, 5.74) is 0.816. The maximum absolute atomic E-state index is 13.6. The number of tetrazole rings is 1. The highest BCUT2D eigenvalue weighted by molar-refractivity contribution is 7.99. The summed E-state index contributed by atoms with van der Waals surface area (Å²) in [4.78, 5) is 12.1. The number of benzene rings is 2. The zero-order chi connectivity index (χ0) is 18.4. The summed E-state index contributed by atoms with van der Waals surface area (Å²) < 4.78 is 20.7. The van der Waals surface area contributed by atoms with Crippen molar-refractivity contribution in [3.05, 3.63) is 54.3 Å². The number of hydrogen-bond acceptors (Lipinski definition) is 6. The minimum absolute atomic E-state index is 0.0332. The number of nitrogens with zero attached hydrogens (tertiary/aromatic N) is 4. The Morgan fingerprint density at radius 2 is 2.00 bits per heavy atom. The molecule has 0 aliphatic carbocycles. The van der Waals surface area contributed by atoms with Crippen molar-refractivity contribution in [2.45, 2.75) is 12.1 Å². The lowest BCUT2D eigenvalue weighted by molar-refractivity contribution is -0.113. The molecule has 1 heterocycles. The van der Waals surface area contributed by atoms with Crippen LogP contribution in [-0.2, 0) is 4.79 Å². The predicted molar refractivity (Wildman–Crippen MR) is 96.1 cm³/mol. The van der Waals surface area contributed by atoms with E-state index in [0.717, 1.165) is 11.8 Å². The second kappa shape index (κ2) is 8.43. The highest BCUT2D eigenvalue weighted by Gasteiger charge is 2.15. The van der Waals surface area contributed by atoms with Crippen LogP contribution in [0.4, 0.5) is 10.1 Å². The molecule has 9 heteroatoms. The number of hydrogen-bond donors (Lipinski definition) is 1. The first-order valence-electron chi connectivity index (χ1n) is 7.86. The van der Waals surface area contributed by atoms with Crippen LogP contribution in [0.1, 0.15) is 6.92 Å². The van der Waals surface area contributed by atoms with Gasteiger partial charge in [-0.1, -0.05) is 36.0 Å². The largest absolute Gasteiger partial charge is 0.492 e. The fourth-order valence-electron chi connectivity index (χ4n) is 2.21. The molecule has 0 spiro atoms. The second-order valence-electron chi connectivity index (χ2n) is 5.09. The van der Waals surface area contributed by atoms with E-state index in [1.54, 1.807) is 12.1 Å². The van der Waals surface area contributed by atoms with Crippen molar-refractivity contribution in [2.75, 3.05) is 17.7 Å². The summed E-state index contributed by atoms with van der Waals surface area (Å²) in [6.07, 6.45) is 0. The first kappa shape index (κ1) is 17.9. The Balaban J connectivity index is 1.70. The first-order valence-corrected chi connectivity index (χ1v) is 8.85. The molecule has 1 aromatic heterocycles. The highest BCUT2D eigenvalue weighted by Crippen LogP contribution is 2.26. The number of halogens is 1. The Hall–Kier alpha value is -2.94. The molecular weight excluding hydrogens is 357 g/mol. The molecule has 0 fully saturated rings. The molecular formula is C17H16FN5O2S. The zero-order valence-electron chi connectivity index (χ0n) is 13.9. The number of ether oxygens (including phenoxy) is 1. The number of carbonyl (C=O) groups excluding carboxylic acids is 1. The van der Waals surface area contributed by atoms with Gasteiger partial charge in [-0.05, 0) is 41.6 Å². The molecule has 0 aliphatic heterocycles. The van der Waals surface area contributed by atoms with Gasteiger partial charge in [-0.15, -0.1) is 5.10 Å². The molecule has 0 bridgehead atoms. The molecule has 26 heavy (non-hydrogen) atoms. The van der Waals surface area contributed by atoms with E-state index >= 15 is 0 Å². The Kier molecular flexibility index (Phi) is 5.80. The fourth-order valence-corrected chi connectivity index (χ4v) is 2.89. The maximum Gasteiger partial charge on any atom is 0.234 e. The molecule has 0 saturated carbocycles. The zero-order valence-corrected chi connectivity index (χ0v) is 14.7.